The van der Waals surface area contributed by atoms with Crippen LogP contribution in [0.2, 0.25) is 0 Å². The zero-order valence-electron chi connectivity index (χ0n) is 16.5. The number of allylic oxidation sites excluding steroid dienone is 2. The Morgan fingerprint density at radius 2 is 1.71 bits per heavy atom. The molecular weight excluding hydrogens is 352 g/mol. The number of hydrogen-bond acceptors (Lipinski definition) is 3. The Morgan fingerprint density at radius 1 is 1.07 bits per heavy atom. The number of hydrogen-bond donors (Lipinski definition) is 2. The Hall–Kier alpha value is -2.63. The molecule has 0 aromatic heterocycles. The smallest absolute Gasteiger partial charge is 0.233 e. The number of nitrogens with one attached hydrogen (secondary N) is 2. The summed E-state index contributed by atoms with van der Waals surface area (Å²) in [4.78, 5) is 31.1. The van der Waals surface area contributed by atoms with Crippen LogP contribution >= 0.6 is 0 Å². The number of aryl methyl sites for hydroxylation is 1. The summed E-state index contributed by atoms with van der Waals surface area (Å²) in [5.74, 6) is 0.972. The summed E-state index contributed by atoms with van der Waals surface area (Å²) in [6.07, 6.45) is 6.20. The number of imide groups is 1. The lowest BCUT2D eigenvalue weighted by Crippen LogP contribution is -2.43. The molecule has 0 spiro atoms. The molecule has 148 valence electrons. The lowest BCUT2D eigenvalue weighted by Gasteiger charge is -2.19. The van der Waals surface area contributed by atoms with E-state index in [-0.39, 0.29) is 35.5 Å². The van der Waals surface area contributed by atoms with Crippen LogP contribution in [0.1, 0.15) is 24.5 Å². The first-order valence-corrected chi connectivity index (χ1v) is 10.2. The standard InChI is InChI=1S/C22H28N4O2/c1-3-14-6-4-5-7-17(14)13-25-22(23-2)24-10-11-26-20(27)18-15-8-9-16(12-15)19(18)21(26)28/h4-9,15-16,18-19H,3,10-13H2,1-2H3,(H2,23,24,25). The molecule has 28 heavy (non-hydrogen) atoms. The topological polar surface area (TPSA) is 73.8 Å². The number of nitrogens with zero attached hydrogens (tertiary/aromatic N) is 2. The van der Waals surface area contributed by atoms with Crippen LogP contribution in [0.15, 0.2) is 41.4 Å². The Kier molecular flexibility index (Phi) is 5.20. The molecule has 2 amide bonds. The first-order valence-electron chi connectivity index (χ1n) is 10.2. The van der Waals surface area contributed by atoms with Crippen molar-refractivity contribution in [3.05, 3.63) is 47.5 Å². The van der Waals surface area contributed by atoms with Crippen molar-refractivity contribution >= 4 is 17.8 Å². The average molecular weight is 380 g/mol. The van der Waals surface area contributed by atoms with E-state index >= 15 is 0 Å². The van der Waals surface area contributed by atoms with E-state index in [2.05, 4.69) is 52.9 Å². The predicted octanol–water partition coefficient (Wildman–Crippen LogP) is 1.72. The number of rotatable bonds is 6. The van der Waals surface area contributed by atoms with Crippen LogP contribution in [-0.4, -0.2) is 42.8 Å². The third-order valence-electron chi connectivity index (χ3n) is 6.36. The normalized spacial score (nSPS) is 28.2. The van der Waals surface area contributed by atoms with Crippen molar-refractivity contribution in [3.8, 4) is 0 Å². The van der Waals surface area contributed by atoms with Gasteiger partial charge in [-0.2, -0.15) is 0 Å². The van der Waals surface area contributed by atoms with Gasteiger partial charge in [0.05, 0.1) is 11.8 Å². The van der Waals surface area contributed by atoms with Gasteiger partial charge in [-0.1, -0.05) is 43.3 Å². The van der Waals surface area contributed by atoms with Crippen molar-refractivity contribution in [1.29, 1.82) is 0 Å². The monoisotopic (exact) mass is 380 g/mol. The van der Waals surface area contributed by atoms with E-state index in [0.717, 1.165) is 12.8 Å². The average Bonchev–Trinajstić information content (AvgIpc) is 3.40. The summed E-state index contributed by atoms with van der Waals surface area (Å²) in [6.45, 7) is 3.71. The van der Waals surface area contributed by atoms with E-state index in [1.54, 1.807) is 7.05 Å². The maximum atomic E-state index is 12.7. The van der Waals surface area contributed by atoms with Gasteiger partial charge in [0, 0.05) is 26.7 Å². The van der Waals surface area contributed by atoms with Crippen molar-refractivity contribution in [2.75, 3.05) is 20.1 Å². The zero-order chi connectivity index (χ0) is 19.7. The molecule has 4 rings (SSSR count). The van der Waals surface area contributed by atoms with Gasteiger partial charge in [0.1, 0.15) is 0 Å². The Morgan fingerprint density at radius 3 is 2.32 bits per heavy atom. The van der Waals surface area contributed by atoms with Crippen LogP contribution in [0.4, 0.5) is 0 Å². The third kappa shape index (κ3) is 3.21. The van der Waals surface area contributed by atoms with Gasteiger partial charge in [-0.05, 0) is 35.8 Å². The SMILES string of the molecule is CCc1ccccc1CNC(=NC)NCCN1C(=O)C2C3C=CC(C3)C2C1=O. The van der Waals surface area contributed by atoms with E-state index in [0.29, 0.717) is 25.6 Å². The highest BCUT2D eigenvalue weighted by Gasteiger charge is 2.58. The fraction of sp³-hybridized carbons (Fsp3) is 0.500. The van der Waals surface area contributed by atoms with Crippen LogP contribution in [0.5, 0.6) is 0 Å². The minimum Gasteiger partial charge on any atom is -0.355 e. The largest absolute Gasteiger partial charge is 0.355 e. The van der Waals surface area contributed by atoms with Gasteiger partial charge in [0.2, 0.25) is 11.8 Å². The lowest BCUT2D eigenvalue weighted by molar-refractivity contribution is -0.140. The second kappa shape index (κ2) is 7.78. The highest BCUT2D eigenvalue weighted by molar-refractivity contribution is 6.06. The second-order valence-corrected chi connectivity index (χ2v) is 7.80. The minimum atomic E-state index is -0.120. The van der Waals surface area contributed by atoms with E-state index in [1.165, 1.54) is 16.0 Å². The van der Waals surface area contributed by atoms with Crippen molar-refractivity contribution in [2.24, 2.45) is 28.7 Å². The fourth-order valence-corrected chi connectivity index (χ4v) is 4.94. The molecular formula is C22H28N4O2. The molecule has 0 radical (unpaired) electrons. The molecule has 1 saturated heterocycles. The molecule has 6 heteroatoms. The number of aliphatic imine (C=N–C) groups is 1. The Balaban J connectivity index is 1.28. The number of benzene rings is 1. The van der Waals surface area contributed by atoms with Crippen LogP contribution in [0.25, 0.3) is 0 Å². The van der Waals surface area contributed by atoms with E-state index in [1.807, 2.05) is 6.07 Å². The quantitative estimate of drug-likeness (QED) is 0.341. The van der Waals surface area contributed by atoms with E-state index in [4.69, 9.17) is 0 Å². The van der Waals surface area contributed by atoms with Crippen LogP contribution in [-0.2, 0) is 22.6 Å². The first kappa shape index (κ1) is 18.7. The summed E-state index contributed by atoms with van der Waals surface area (Å²) in [6, 6.07) is 8.34. The number of amides is 2. The molecule has 3 aliphatic rings. The summed E-state index contributed by atoms with van der Waals surface area (Å²) >= 11 is 0. The van der Waals surface area contributed by atoms with Gasteiger partial charge in [-0.15, -0.1) is 0 Å². The summed E-state index contributed by atoms with van der Waals surface area (Å²) in [7, 11) is 1.72. The molecule has 1 aromatic rings. The molecule has 1 saturated carbocycles. The van der Waals surface area contributed by atoms with Crippen molar-refractivity contribution in [2.45, 2.75) is 26.3 Å². The van der Waals surface area contributed by atoms with Crippen molar-refractivity contribution in [3.63, 3.8) is 0 Å². The van der Waals surface area contributed by atoms with Gasteiger partial charge < -0.3 is 10.6 Å². The van der Waals surface area contributed by atoms with Gasteiger partial charge >= 0.3 is 0 Å². The molecule has 4 atom stereocenters. The maximum Gasteiger partial charge on any atom is 0.233 e. The summed E-state index contributed by atoms with van der Waals surface area (Å²) < 4.78 is 0. The number of guanidine groups is 1. The van der Waals surface area contributed by atoms with E-state index in [9.17, 15) is 9.59 Å². The predicted molar refractivity (Wildman–Crippen MR) is 108 cm³/mol. The number of fused-ring (bicyclic) bond motifs is 5. The molecule has 2 N–H and O–H groups in total. The van der Waals surface area contributed by atoms with Gasteiger partial charge in [0.25, 0.3) is 0 Å². The van der Waals surface area contributed by atoms with Gasteiger partial charge in [0.15, 0.2) is 5.96 Å². The van der Waals surface area contributed by atoms with Gasteiger partial charge in [-0.3, -0.25) is 19.5 Å². The van der Waals surface area contributed by atoms with Crippen LogP contribution < -0.4 is 10.6 Å². The van der Waals surface area contributed by atoms with Crippen molar-refractivity contribution < 1.29 is 9.59 Å². The van der Waals surface area contributed by atoms with Crippen LogP contribution in [0.3, 0.4) is 0 Å². The third-order valence-corrected chi connectivity index (χ3v) is 6.36. The highest BCUT2D eigenvalue weighted by Crippen LogP contribution is 2.52. The van der Waals surface area contributed by atoms with E-state index < -0.39 is 0 Å². The zero-order valence-corrected chi connectivity index (χ0v) is 16.5. The Bertz CT molecular complexity index is 802. The second-order valence-electron chi connectivity index (χ2n) is 7.80. The number of carbonyl (C=O) groups excluding carboxylic acids is 2. The van der Waals surface area contributed by atoms with Crippen molar-refractivity contribution in [1.82, 2.24) is 15.5 Å². The van der Waals surface area contributed by atoms with Crippen LogP contribution in [0, 0.1) is 23.7 Å². The highest BCUT2D eigenvalue weighted by atomic mass is 16.2. The van der Waals surface area contributed by atoms with Gasteiger partial charge in [-0.25, -0.2) is 0 Å². The lowest BCUT2D eigenvalue weighted by atomic mass is 9.85. The summed E-state index contributed by atoms with van der Waals surface area (Å²) in [5, 5.41) is 6.54. The molecule has 1 aromatic carbocycles. The molecule has 6 nitrogen and oxygen atoms in total. The maximum absolute atomic E-state index is 12.7. The number of carbonyl (C=O) groups is 2. The minimum absolute atomic E-state index is 0.00784. The molecule has 1 aliphatic heterocycles. The fourth-order valence-electron chi connectivity index (χ4n) is 4.94. The first-order chi connectivity index (χ1) is 13.6. The number of likely N-dealkylation sites (tertiary alicyclic amines) is 1. The molecule has 4 unspecified atom stereocenters. The Labute approximate surface area is 166 Å². The molecule has 2 bridgehead atoms. The summed E-state index contributed by atoms with van der Waals surface area (Å²) in [5.41, 5.74) is 2.56. The molecule has 2 fully saturated rings. The molecule has 2 aliphatic carbocycles. The molecule has 1 heterocycles.